The molecule has 1 fully saturated rings. The number of pyridine rings is 1. The van der Waals surface area contributed by atoms with Gasteiger partial charge in [0.05, 0.1) is 12.2 Å². The van der Waals surface area contributed by atoms with Crippen molar-refractivity contribution in [3.63, 3.8) is 0 Å². The van der Waals surface area contributed by atoms with Crippen LogP contribution in [0.5, 0.6) is 0 Å². The Bertz CT molecular complexity index is 860. The van der Waals surface area contributed by atoms with Gasteiger partial charge >= 0.3 is 0 Å². The van der Waals surface area contributed by atoms with Gasteiger partial charge in [-0.25, -0.2) is 0 Å². The highest BCUT2D eigenvalue weighted by Gasteiger charge is 2.22. The van der Waals surface area contributed by atoms with Gasteiger partial charge in [-0.1, -0.05) is 30.3 Å². The predicted octanol–water partition coefficient (Wildman–Crippen LogP) is 1.57. The lowest BCUT2D eigenvalue weighted by Crippen LogP contribution is -2.40. The van der Waals surface area contributed by atoms with Crippen LogP contribution >= 0.6 is 0 Å². The Balaban J connectivity index is 1.56. The Kier molecular flexibility index (Phi) is 7.19. The summed E-state index contributed by atoms with van der Waals surface area (Å²) in [5, 5.41) is 22.8. The fraction of sp³-hybridized carbons (Fsp3) is 0.455. The predicted molar refractivity (Wildman–Crippen MR) is 111 cm³/mol. The quantitative estimate of drug-likeness (QED) is 0.566. The highest BCUT2D eigenvalue weighted by atomic mass is 16.3. The zero-order valence-electron chi connectivity index (χ0n) is 16.7. The Hall–Kier alpha value is -2.48. The third kappa shape index (κ3) is 6.00. The van der Waals surface area contributed by atoms with Gasteiger partial charge in [-0.05, 0) is 50.4 Å². The number of hydrogen-bond acceptors (Lipinski definition) is 5. The lowest BCUT2D eigenvalue weighted by Gasteiger charge is -2.26. The lowest BCUT2D eigenvalue weighted by atomic mass is 9.93. The summed E-state index contributed by atoms with van der Waals surface area (Å²) in [4.78, 5) is 29.5. The number of aromatic nitrogens is 1. The van der Waals surface area contributed by atoms with Gasteiger partial charge in [0.25, 0.3) is 11.5 Å². The molecule has 4 N–H and O–H groups in total. The van der Waals surface area contributed by atoms with Crippen LogP contribution in [-0.4, -0.2) is 51.7 Å². The first-order valence-electron chi connectivity index (χ1n) is 10.0. The van der Waals surface area contributed by atoms with Crippen molar-refractivity contribution in [1.82, 2.24) is 15.2 Å². The van der Waals surface area contributed by atoms with Crippen molar-refractivity contribution in [3.8, 4) is 0 Å². The number of likely N-dealkylation sites (N-methyl/N-ethyl adjacent to an activating group) is 1. The normalized spacial score (nSPS) is 20.4. The van der Waals surface area contributed by atoms with Crippen LogP contribution in [0.4, 0.5) is 0 Å². The summed E-state index contributed by atoms with van der Waals surface area (Å²) in [5.74, 6) is -0.382. The van der Waals surface area contributed by atoms with E-state index in [1.165, 1.54) is 0 Å². The molecular weight excluding hydrogens is 370 g/mol. The first kappa shape index (κ1) is 21.2. The van der Waals surface area contributed by atoms with E-state index in [-0.39, 0.29) is 23.6 Å². The summed E-state index contributed by atoms with van der Waals surface area (Å²) in [6.45, 7) is 0.864. The van der Waals surface area contributed by atoms with Gasteiger partial charge in [0.15, 0.2) is 0 Å². The molecule has 1 aromatic heterocycles. The number of nitrogens with one attached hydrogen (secondary N) is 2. The van der Waals surface area contributed by atoms with E-state index in [1.807, 2.05) is 42.3 Å². The van der Waals surface area contributed by atoms with Crippen LogP contribution in [0.1, 0.15) is 53.4 Å². The molecule has 0 radical (unpaired) electrons. The lowest BCUT2D eigenvalue weighted by molar-refractivity contribution is 0.0866. The molecule has 0 saturated heterocycles. The van der Waals surface area contributed by atoms with Crippen molar-refractivity contribution < 1.29 is 15.0 Å². The summed E-state index contributed by atoms with van der Waals surface area (Å²) in [5.41, 5.74) is 1.19. The second-order valence-corrected chi connectivity index (χ2v) is 7.83. The smallest absolute Gasteiger partial charge is 0.261 e. The molecule has 1 atom stereocenters. The van der Waals surface area contributed by atoms with E-state index in [0.29, 0.717) is 31.6 Å². The van der Waals surface area contributed by atoms with Crippen LogP contribution in [-0.2, 0) is 6.54 Å². The van der Waals surface area contributed by atoms with Gasteiger partial charge in [-0.2, -0.15) is 0 Å². The zero-order chi connectivity index (χ0) is 20.8. The summed E-state index contributed by atoms with van der Waals surface area (Å²) in [7, 11) is 1.86. The zero-order valence-corrected chi connectivity index (χ0v) is 16.7. The summed E-state index contributed by atoms with van der Waals surface area (Å²) >= 11 is 0. The molecule has 156 valence electrons. The highest BCUT2D eigenvalue weighted by molar-refractivity contribution is 5.94. The van der Waals surface area contributed by atoms with Crippen LogP contribution in [0, 0.1) is 0 Å². The molecule has 3 rings (SSSR count). The van der Waals surface area contributed by atoms with Crippen LogP contribution < -0.4 is 10.9 Å². The summed E-state index contributed by atoms with van der Waals surface area (Å²) in [6.07, 6.45) is 1.87. The SMILES string of the molecule is CN(Cc1ccc(C(=O)NC2CCC(O)CC2)c(=O)[nH]1)CC(O)c1ccccc1. The second-order valence-electron chi connectivity index (χ2n) is 7.83. The Labute approximate surface area is 170 Å². The van der Waals surface area contributed by atoms with E-state index in [0.717, 1.165) is 18.4 Å². The highest BCUT2D eigenvalue weighted by Crippen LogP contribution is 2.18. The molecular formula is C22H29N3O4. The van der Waals surface area contributed by atoms with Gasteiger partial charge in [-0.3, -0.25) is 14.5 Å². The van der Waals surface area contributed by atoms with Crippen molar-refractivity contribution in [2.45, 2.75) is 50.5 Å². The molecule has 1 saturated carbocycles. The number of aliphatic hydroxyl groups is 2. The van der Waals surface area contributed by atoms with Crippen LogP contribution in [0.3, 0.4) is 0 Å². The average molecular weight is 399 g/mol. The molecule has 0 bridgehead atoms. The number of H-pyrrole nitrogens is 1. The molecule has 0 spiro atoms. The summed E-state index contributed by atoms with van der Waals surface area (Å²) < 4.78 is 0. The van der Waals surface area contributed by atoms with Crippen LogP contribution in [0.15, 0.2) is 47.3 Å². The first-order valence-corrected chi connectivity index (χ1v) is 10.0. The average Bonchev–Trinajstić information content (AvgIpc) is 2.70. The summed E-state index contributed by atoms with van der Waals surface area (Å²) in [6, 6.07) is 12.7. The minimum atomic E-state index is -0.619. The van der Waals surface area contributed by atoms with E-state index in [2.05, 4.69) is 10.3 Å². The fourth-order valence-corrected chi connectivity index (χ4v) is 3.70. The van der Waals surface area contributed by atoms with E-state index in [9.17, 15) is 19.8 Å². The maximum Gasteiger partial charge on any atom is 0.261 e. The van der Waals surface area contributed by atoms with Crippen molar-refractivity contribution in [3.05, 3.63) is 69.6 Å². The number of aromatic amines is 1. The number of hydrogen-bond donors (Lipinski definition) is 4. The topological polar surface area (TPSA) is 106 Å². The molecule has 1 unspecified atom stereocenters. The Morgan fingerprint density at radius 3 is 2.52 bits per heavy atom. The molecule has 2 aromatic rings. The number of aliphatic hydroxyl groups excluding tert-OH is 2. The van der Waals surface area contributed by atoms with Gasteiger partial charge in [-0.15, -0.1) is 0 Å². The minimum absolute atomic E-state index is 0.00409. The van der Waals surface area contributed by atoms with Gasteiger partial charge in [0, 0.05) is 24.8 Å². The van der Waals surface area contributed by atoms with Gasteiger partial charge < -0.3 is 20.5 Å². The number of rotatable bonds is 7. The molecule has 1 aliphatic carbocycles. The number of benzene rings is 1. The van der Waals surface area contributed by atoms with Crippen LogP contribution in [0.2, 0.25) is 0 Å². The standard InChI is InChI=1S/C22H29N3O4/c1-25(14-20(27)15-5-3-2-4-6-15)13-17-9-12-19(22(29)24-17)21(28)23-16-7-10-18(26)11-8-16/h2-6,9,12,16,18,20,26-27H,7-8,10-11,13-14H2,1H3,(H,23,28)(H,24,29). The molecule has 7 heteroatoms. The maximum absolute atomic E-state index is 12.4. The third-order valence-electron chi connectivity index (χ3n) is 5.36. The van der Waals surface area contributed by atoms with Crippen LogP contribution in [0.25, 0.3) is 0 Å². The number of carbonyl (C=O) groups excluding carboxylic acids is 1. The fourth-order valence-electron chi connectivity index (χ4n) is 3.70. The molecule has 1 amide bonds. The van der Waals surface area contributed by atoms with Crippen molar-refractivity contribution in [1.29, 1.82) is 0 Å². The Morgan fingerprint density at radius 2 is 1.86 bits per heavy atom. The van der Waals surface area contributed by atoms with E-state index in [1.54, 1.807) is 12.1 Å². The minimum Gasteiger partial charge on any atom is -0.393 e. The van der Waals surface area contributed by atoms with Crippen molar-refractivity contribution in [2.75, 3.05) is 13.6 Å². The maximum atomic E-state index is 12.4. The van der Waals surface area contributed by atoms with Gasteiger partial charge in [0.2, 0.25) is 0 Å². The molecule has 1 aromatic carbocycles. The van der Waals surface area contributed by atoms with Crippen molar-refractivity contribution in [2.24, 2.45) is 0 Å². The second kappa shape index (κ2) is 9.82. The molecule has 7 nitrogen and oxygen atoms in total. The molecule has 1 aliphatic rings. The van der Waals surface area contributed by atoms with E-state index >= 15 is 0 Å². The monoisotopic (exact) mass is 399 g/mol. The van der Waals surface area contributed by atoms with E-state index in [4.69, 9.17) is 0 Å². The number of amides is 1. The molecule has 29 heavy (non-hydrogen) atoms. The molecule has 1 heterocycles. The van der Waals surface area contributed by atoms with Gasteiger partial charge in [0.1, 0.15) is 5.56 Å². The Morgan fingerprint density at radius 1 is 1.17 bits per heavy atom. The largest absolute Gasteiger partial charge is 0.393 e. The molecule has 0 aliphatic heterocycles. The number of carbonyl (C=O) groups is 1. The first-order chi connectivity index (χ1) is 13.9. The van der Waals surface area contributed by atoms with E-state index < -0.39 is 11.7 Å². The van der Waals surface area contributed by atoms with Crippen molar-refractivity contribution >= 4 is 5.91 Å². The third-order valence-corrected chi connectivity index (χ3v) is 5.36. The number of nitrogens with zero attached hydrogens (tertiary/aromatic N) is 1.